The number of nitrogens with zero attached hydrogens (tertiary/aromatic N) is 3. The molecule has 2 saturated heterocycles. The summed E-state index contributed by atoms with van der Waals surface area (Å²) in [5.74, 6) is 1.36. The number of fused-ring (bicyclic) bond motifs is 1. The van der Waals surface area contributed by atoms with Crippen LogP contribution in [0.25, 0.3) is 0 Å². The van der Waals surface area contributed by atoms with Crippen molar-refractivity contribution in [2.45, 2.75) is 38.3 Å². The Morgan fingerprint density at radius 3 is 2.86 bits per heavy atom. The molecule has 3 aliphatic rings. The molecule has 0 spiro atoms. The summed E-state index contributed by atoms with van der Waals surface area (Å²) >= 11 is 0. The fourth-order valence-corrected chi connectivity index (χ4v) is 3.54. The summed E-state index contributed by atoms with van der Waals surface area (Å²) in [7, 11) is 0. The molecule has 3 heterocycles. The van der Waals surface area contributed by atoms with Crippen molar-refractivity contribution in [1.82, 2.24) is 15.5 Å². The van der Waals surface area contributed by atoms with Crippen LogP contribution >= 0.6 is 0 Å². The molecule has 1 N–H and O–H groups in total. The smallest absolute Gasteiger partial charge is 0.225 e. The Balaban J connectivity index is 1.54. The summed E-state index contributed by atoms with van der Waals surface area (Å²) in [6.07, 6.45) is 3.36. The normalized spacial score (nSPS) is 31.0. The molecule has 6 heteroatoms. The number of carbonyl (C=O) groups is 1. The van der Waals surface area contributed by atoms with Crippen molar-refractivity contribution in [3.05, 3.63) is 17.8 Å². The maximum absolute atomic E-state index is 12.6. The van der Waals surface area contributed by atoms with Gasteiger partial charge in [0.15, 0.2) is 5.82 Å². The molecule has 0 bridgehead atoms. The molecule has 0 radical (unpaired) electrons. The van der Waals surface area contributed by atoms with E-state index in [1.54, 1.807) is 0 Å². The number of ether oxygens (including phenoxy) is 1. The largest absolute Gasteiger partial charge is 0.376 e. The van der Waals surface area contributed by atoms with Gasteiger partial charge in [0.25, 0.3) is 0 Å². The summed E-state index contributed by atoms with van der Waals surface area (Å²) in [5.41, 5.74) is 0.902. The highest BCUT2D eigenvalue weighted by atomic mass is 16.5. The van der Waals surface area contributed by atoms with Gasteiger partial charge in [0.2, 0.25) is 5.91 Å². The highest BCUT2D eigenvalue weighted by Crippen LogP contribution is 2.35. The van der Waals surface area contributed by atoms with Crippen LogP contribution in [0, 0.1) is 18.8 Å². The highest BCUT2D eigenvalue weighted by Gasteiger charge is 2.45. The third kappa shape index (κ3) is 2.67. The van der Waals surface area contributed by atoms with Crippen LogP contribution in [0.2, 0.25) is 0 Å². The topological polar surface area (TPSA) is 67.3 Å². The Bertz CT molecular complexity index is 558. The average Bonchev–Trinajstić information content (AvgIpc) is 3.20. The molecule has 1 aromatic heterocycles. The third-order valence-electron chi connectivity index (χ3n) is 4.96. The lowest BCUT2D eigenvalue weighted by atomic mass is 9.82. The van der Waals surface area contributed by atoms with Gasteiger partial charge >= 0.3 is 0 Å². The minimum absolute atomic E-state index is 0.00930. The molecule has 1 amide bonds. The molecule has 1 aliphatic carbocycles. The van der Waals surface area contributed by atoms with Crippen LogP contribution in [-0.4, -0.2) is 47.9 Å². The van der Waals surface area contributed by atoms with E-state index in [2.05, 4.69) is 20.4 Å². The van der Waals surface area contributed by atoms with Gasteiger partial charge in [0.05, 0.1) is 17.7 Å². The van der Waals surface area contributed by atoms with Crippen LogP contribution in [-0.2, 0) is 9.53 Å². The number of hydrogen-bond acceptors (Lipinski definition) is 5. The number of anilines is 1. The van der Waals surface area contributed by atoms with Gasteiger partial charge < -0.3 is 15.0 Å². The number of amides is 1. The fraction of sp³-hybridized carbons (Fsp3) is 0.688. The Morgan fingerprint density at radius 1 is 1.27 bits per heavy atom. The quantitative estimate of drug-likeness (QED) is 0.899. The fourth-order valence-electron chi connectivity index (χ4n) is 3.54. The number of piperidine rings is 1. The second-order valence-corrected chi connectivity index (χ2v) is 6.69. The average molecular weight is 302 g/mol. The Labute approximate surface area is 130 Å². The lowest BCUT2D eigenvalue weighted by molar-refractivity contribution is -0.128. The van der Waals surface area contributed by atoms with Gasteiger partial charge in [-0.25, -0.2) is 0 Å². The first-order valence-corrected chi connectivity index (χ1v) is 8.18. The molecule has 0 unspecified atom stereocenters. The molecule has 22 heavy (non-hydrogen) atoms. The van der Waals surface area contributed by atoms with Gasteiger partial charge in [-0.3, -0.25) is 4.79 Å². The monoisotopic (exact) mass is 302 g/mol. The number of carbonyl (C=O) groups excluding carboxylic acids is 1. The molecular formula is C16H22N4O2. The summed E-state index contributed by atoms with van der Waals surface area (Å²) in [6, 6.07) is 4.35. The molecule has 1 aromatic rings. The molecule has 2 aliphatic heterocycles. The van der Waals surface area contributed by atoms with Crippen LogP contribution in [0.1, 0.15) is 25.0 Å². The van der Waals surface area contributed by atoms with Gasteiger partial charge in [-0.05, 0) is 38.3 Å². The Morgan fingerprint density at radius 2 is 2.14 bits per heavy atom. The molecule has 3 fully saturated rings. The number of rotatable bonds is 3. The predicted molar refractivity (Wildman–Crippen MR) is 81.5 cm³/mol. The van der Waals surface area contributed by atoms with Crippen LogP contribution in [0.3, 0.4) is 0 Å². The lowest BCUT2D eigenvalue weighted by Crippen LogP contribution is -2.53. The summed E-state index contributed by atoms with van der Waals surface area (Å²) < 4.78 is 5.86. The number of hydrogen-bond donors (Lipinski definition) is 1. The van der Waals surface area contributed by atoms with E-state index in [1.165, 1.54) is 0 Å². The second-order valence-electron chi connectivity index (χ2n) is 6.69. The van der Waals surface area contributed by atoms with E-state index in [1.807, 2.05) is 19.1 Å². The third-order valence-corrected chi connectivity index (χ3v) is 4.96. The van der Waals surface area contributed by atoms with Crippen LogP contribution in [0.5, 0.6) is 0 Å². The molecule has 4 rings (SSSR count). The Kier molecular flexibility index (Phi) is 3.48. The van der Waals surface area contributed by atoms with Crippen molar-refractivity contribution in [3.63, 3.8) is 0 Å². The molecule has 0 aromatic carbocycles. The first kappa shape index (κ1) is 13.9. The maximum Gasteiger partial charge on any atom is 0.225 e. The second kappa shape index (κ2) is 5.50. The number of nitrogens with one attached hydrogen (secondary N) is 1. The van der Waals surface area contributed by atoms with Crippen LogP contribution < -0.4 is 10.2 Å². The summed E-state index contributed by atoms with van der Waals surface area (Å²) in [4.78, 5) is 14.7. The summed E-state index contributed by atoms with van der Waals surface area (Å²) in [5, 5.41) is 11.6. The van der Waals surface area contributed by atoms with Crippen molar-refractivity contribution in [3.8, 4) is 0 Å². The van der Waals surface area contributed by atoms with E-state index in [9.17, 15) is 4.79 Å². The van der Waals surface area contributed by atoms with Crippen molar-refractivity contribution >= 4 is 11.7 Å². The lowest BCUT2D eigenvalue weighted by Gasteiger charge is -2.39. The van der Waals surface area contributed by atoms with Gasteiger partial charge in [0.1, 0.15) is 0 Å². The minimum Gasteiger partial charge on any atom is -0.376 e. The van der Waals surface area contributed by atoms with Crippen LogP contribution in [0.15, 0.2) is 12.1 Å². The van der Waals surface area contributed by atoms with Gasteiger partial charge in [0, 0.05) is 31.7 Å². The predicted octanol–water partition coefficient (Wildman–Crippen LogP) is 0.905. The van der Waals surface area contributed by atoms with E-state index in [-0.39, 0.29) is 17.9 Å². The van der Waals surface area contributed by atoms with Crippen molar-refractivity contribution in [2.24, 2.45) is 11.8 Å². The standard InChI is InChI=1S/C16H22N4O2/c1-10-2-5-15(19-18-10)20-8-13(16(21)17-11-3-4-11)12-6-7-22-14(12)9-20/h2,5,11-14H,3-4,6-9H2,1H3,(H,17,21)/t12-,13-,14+/m1/s1. The van der Waals surface area contributed by atoms with E-state index >= 15 is 0 Å². The van der Waals surface area contributed by atoms with Crippen molar-refractivity contribution in [1.29, 1.82) is 0 Å². The van der Waals surface area contributed by atoms with Crippen molar-refractivity contribution in [2.75, 3.05) is 24.6 Å². The van der Waals surface area contributed by atoms with Gasteiger partial charge in [-0.2, -0.15) is 5.10 Å². The molecule has 118 valence electrons. The molecule has 6 nitrogen and oxygen atoms in total. The van der Waals surface area contributed by atoms with Crippen molar-refractivity contribution < 1.29 is 9.53 Å². The maximum atomic E-state index is 12.6. The zero-order chi connectivity index (χ0) is 15.1. The van der Waals surface area contributed by atoms with Gasteiger partial charge in [-0.1, -0.05) is 0 Å². The zero-order valence-corrected chi connectivity index (χ0v) is 12.9. The first-order valence-electron chi connectivity index (χ1n) is 8.18. The highest BCUT2D eigenvalue weighted by molar-refractivity contribution is 5.80. The van der Waals surface area contributed by atoms with E-state index in [0.29, 0.717) is 18.5 Å². The van der Waals surface area contributed by atoms with E-state index in [4.69, 9.17) is 4.74 Å². The molecule has 1 saturated carbocycles. The minimum atomic E-state index is -0.00930. The summed E-state index contributed by atoms with van der Waals surface area (Å²) in [6.45, 7) is 4.20. The van der Waals surface area contributed by atoms with Crippen LogP contribution in [0.4, 0.5) is 5.82 Å². The molecular weight excluding hydrogens is 280 g/mol. The SMILES string of the molecule is Cc1ccc(N2C[C@@H]3OCC[C@@H]3[C@H](C(=O)NC3CC3)C2)nn1. The van der Waals surface area contributed by atoms with E-state index < -0.39 is 0 Å². The zero-order valence-electron chi connectivity index (χ0n) is 12.9. The van der Waals surface area contributed by atoms with E-state index in [0.717, 1.165) is 43.9 Å². The Hall–Kier alpha value is -1.69. The van der Waals surface area contributed by atoms with Gasteiger partial charge in [-0.15, -0.1) is 5.10 Å². The molecule has 3 atom stereocenters. The number of aromatic nitrogens is 2. The number of aryl methyl sites for hydroxylation is 1. The first-order chi connectivity index (χ1) is 10.7.